The van der Waals surface area contributed by atoms with E-state index in [0.717, 1.165) is 0 Å². The van der Waals surface area contributed by atoms with E-state index in [1.165, 1.54) is 5.56 Å². The Morgan fingerprint density at radius 1 is 1.36 bits per heavy atom. The molecule has 0 unspecified atom stereocenters. The van der Waals surface area contributed by atoms with Gasteiger partial charge >= 0.3 is 0 Å². The lowest BCUT2D eigenvalue weighted by atomic mass is 10.0. The highest BCUT2D eigenvalue weighted by molar-refractivity contribution is 5.95. The maximum absolute atomic E-state index is 11.2. The minimum atomic E-state index is -0.359. The minimum absolute atomic E-state index is 0.359. The number of amides is 1. The summed E-state index contributed by atoms with van der Waals surface area (Å²) < 4.78 is 0. The summed E-state index contributed by atoms with van der Waals surface area (Å²) >= 11 is 0. The van der Waals surface area contributed by atoms with Crippen LogP contribution >= 0.6 is 0 Å². The highest BCUT2D eigenvalue weighted by Gasteiger charge is 2.04. The summed E-state index contributed by atoms with van der Waals surface area (Å²) in [5, 5.41) is 10.3. The molecule has 3 heteroatoms. The van der Waals surface area contributed by atoms with E-state index in [9.17, 15) is 4.79 Å². The molecule has 0 aromatic heterocycles. The standard InChI is InChI=1S/C11H12N2O/c1-8(2)9-3-5-10(6-4-9)11(14)13-7-12/h3-6,8H,1-2H3,(H,13,14). The molecule has 1 N–H and O–H groups in total. The second-order valence-corrected chi connectivity index (χ2v) is 3.34. The first-order valence-electron chi connectivity index (χ1n) is 4.44. The molecular formula is C11H12N2O. The van der Waals surface area contributed by atoms with Crippen LogP contribution in [0.3, 0.4) is 0 Å². The fraction of sp³-hybridized carbons (Fsp3) is 0.273. The predicted molar refractivity (Wildman–Crippen MR) is 53.6 cm³/mol. The molecule has 0 spiro atoms. The number of nitrogens with one attached hydrogen (secondary N) is 1. The van der Waals surface area contributed by atoms with Gasteiger partial charge in [0.1, 0.15) is 0 Å². The molecule has 1 aromatic carbocycles. The number of nitrogens with zero attached hydrogens (tertiary/aromatic N) is 1. The van der Waals surface area contributed by atoms with Gasteiger partial charge in [-0.1, -0.05) is 26.0 Å². The van der Waals surface area contributed by atoms with Gasteiger partial charge in [0, 0.05) is 5.56 Å². The van der Waals surface area contributed by atoms with Gasteiger partial charge in [0.2, 0.25) is 0 Å². The van der Waals surface area contributed by atoms with E-state index in [2.05, 4.69) is 19.2 Å². The number of hydrogen-bond acceptors (Lipinski definition) is 2. The third-order valence-corrected chi connectivity index (χ3v) is 2.01. The van der Waals surface area contributed by atoms with Crippen molar-refractivity contribution in [2.75, 3.05) is 0 Å². The van der Waals surface area contributed by atoms with Gasteiger partial charge in [-0.15, -0.1) is 0 Å². The quantitative estimate of drug-likeness (QED) is 0.570. The molecule has 0 bridgehead atoms. The summed E-state index contributed by atoms with van der Waals surface area (Å²) in [4.78, 5) is 11.2. The average molecular weight is 188 g/mol. The number of nitriles is 1. The summed E-state index contributed by atoms with van der Waals surface area (Å²) in [6, 6.07) is 7.25. The van der Waals surface area contributed by atoms with Crippen molar-refractivity contribution in [1.29, 1.82) is 5.26 Å². The van der Waals surface area contributed by atoms with Crippen molar-refractivity contribution in [2.24, 2.45) is 0 Å². The van der Waals surface area contributed by atoms with Gasteiger partial charge in [-0.3, -0.25) is 10.1 Å². The molecule has 0 aliphatic heterocycles. The van der Waals surface area contributed by atoms with Crippen LogP contribution in [0.15, 0.2) is 24.3 Å². The lowest BCUT2D eigenvalue weighted by molar-refractivity contribution is 0.0973. The zero-order valence-electron chi connectivity index (χ0n) is 8.24. The smallest absolute Gasteiger partial charge is 0.264 e. The molecule has 0 saturated carbocycles. The Morgan fingerprint density at radius 3 is 2.36 bits per heavy atom. The number of carbonyl (C=O) groups excluding carboxylic acids is 1. The third-order valence-electron chi connectivity index (χ3n) is 2.01. The lowest BCUT2D eigenvalue weighted by Gasteiger charge is -2.05. The first kappa shape index (κ1) is 10.3. The molecule has 1 amide bonds. The molecule has 14 heavy (non-hydrogen) atoms. The van der Waals surface area contributed by atoms with Crippen LogP contribution in [-0.2, 0) is 0 Å². The van der Waals surface area contributed by atoms with E-state index < -0.39 is 0 Å². The van der Waals surface area contributed by atoms with Crippen LogP contribution in [-0.4, -0.2) is 5.91 Å². The zero-order valence-corrected chi connectivity index (χ0v) is 8.24. The van der Waals surface area contributed by atoms with Crippen LogP contribution in [0.1, 0.15) is 35.7 Å². The summed E-state index contributed by atoms with van der Waals surface area (Å²) in [6.45, 7) is 4.18. The molecule has 0 atom stereocenters. The molecule has 3 nitrogen and oxygen atoms in total. The molecule has 0 aliphatic rings. The second-order valence-electron chi connectivity index (χ2n) is 3.34. The monoisotopic (exact) mass is 188 g/mol. The largest absolute Gasteiger partial charge is 0.268 e. The topological polar surface area (TPSA) is 52.9 Å². The van der Waals surface area contributed by atoms with Crippen molar-refractivity contribution in [3.05, 3.63) is 35.4 Å². The van der Waals surface area contributed by atoms with E-state index in [4.69, 9.17) is 5.26 Å². The first-order chi connectivity index (χ1) is 6.65. The van der Waals surface area contributed by atoms with E-state index in [0.29, 0.717) is 11.5 Å². The average Bonchev–Trinajstić information content (AvgIpc) is 2.18. The molecule has 0 heterocycles. The van der Waals surface area contributed by atoms with Crippen LogP contribution < -0.4 is 5.32 Å². The number of hydrogen-bond donors (Lipinski definition) is 1. The van der Waals surface area contributed by atoms with Gasteiger partial charge in [-0.25, -0.2) is 0 Å². The Labute approximate surface area is 83.4 Å². The van der Waals surface area contributed by atoms with Crippen LogP contribution in [0.25, 0.3) is 0 Å². The van der Waals surface area contributed by atoms with Crippen molar-refractivity contribution in [2.45, 2.75) is 19.8 Å². The molecule has 72 valence electrons. The fourth-order valence-corrected chi connectivity index (χ4v) is 1.14. The molecular weight excluding hydrogens is 176 g/mol. The Balaban J connectivity index is 2.84. The van der Waals surface area contributed by atoms with E-state index in [-0.39, 0.29) is 5.91 Å². The maximum atomic E-state index is 11.2. The molecule has 1 rings (SSSR count). The Hall–Kier alpha value is -1.82. The SMILES string of the molecule is CC(C)c1ccc(C(=O)NC#N)cc1. The fourth-order valence-electron chi connectivity index (χ4n) is 1.14. The molecule has 1 aromatic rings. The van der Waals surface area contributed by atoms with Gasteiger partial charge in [-0.2, -0.15) is 5.26 Å². The summed E-state index contributed by atoms with van der Waals surface area (Å²) in [5.74, 6) is 0.0888. The number of carbonyl (C=O) groups is 1. The first-order valence-corrected chi connectivity index (χ1v) is 4.44. The molecule has 0 saturated heterocycles. The predicted octanol–water partition coefficient (Wildman–Crippen LogP) is 2.02. The second kappa shape index (κ2) is 4.43. The maximum Gasteiger partial charge on any atom is 0.264 e. The van der Waals surface area contributed by atoms with Crippen molar-refractivity contribution in [3.8, 4) is 6.19 Å². The molecule has 0 radical (unpaired) electrons. The highest BCUT2D eigenvalue weighted by Crippen LogP contribution is 2.14. The normalized spacial score (nSPS) is 9.57. The van der Waals surface area contributed by atoms with Crippen molar-refractivity contribution in [1.82, 2.24) is 5.32 Å². The molecule has 0 fully saturated rings. The summed E-state index contributed by atoms with van der Waals surface area (Å²) in [6.07, 6.45) is 1.60. The number of rotatable bonds is 2. The van der Waals surface area contributed by atoms with Gasteiger partial charge in [0.15, 0.2) is 6.19 Å². The Morgan fingerprint density at radius 2 is 1.93 bits per heavy atom. The van der Waals surface area contributed by atoms with Crippen LogP contribution in [0, 0.1) is 11.5 Å². The van der Waals surface area contributed by atoms with Gasteiger partial charge in [0.25, 0.3) is 5.91 Å². The zero-order chi connectivity index (χ0) is 10.6. The molecule has 0 aliphatic carbocycles. The van der Waals surface area contributed by atoms with Crippen molar-refractivity contribution < 1.29 is 4.79 Å². The van der Waals surface area contributed by atoms with Crippen molar-refractivity contribution >= 4 is 5.91 Å². The van der Waals surface area contributed by atoms with Gasteiger partial charge < -0.3 is 0 Å². The highest BCUT2D eigenvalue weighted by atomic mass is 16.1. The van der Waals surface area contributed by atoms with Crippen molar-refractivity contribution in [3.63, 3.8) is 0 Å². The van der Waals surface area contributed by atoms with E-state index in [1.54, 1.807) is 18.3 Å². The van der Waals surface area contributed by atoms with Crippen LogP contribution in [0.4, 0.5) is 0 Å². The lowest BCUT2D eigenvalue weighted by Crippen LogP contribution is -2.17. The summed E-state index contributed by atoms with van der Waals surface area (Å²) in [5.41, 5.74) is 1.69. The Kier molecular flexibility index (Phi) is 3.24. The van der Waals surface area contributed by atoms with E-state index >= 15 is 0 Å². The minimum Gasteiger partial charge on any atom is -0.268 e. The number of benzene rings is 1. The van der Waals surface area contributed by atoms with Crippen LogP contribution in [0.2, 0.25) is 0 Å². The van der Waals surface area contributed by atoms with Crippen LogP contribution in [0.5, 0.6) is 0 Å². The Bertz CT molecular complexity index is 360. The summed E-state index contributed by atoms with van der Waals surface area (Å²) in [7, 11) is 0. The van der Waals surface area contributed by atoms with Gasteiger partial charge in [0.05, 0.1) is 0 Å². The van der Waals surface area contributed by atoms with Gasteiger partial charge in [-0.05, 0) is 23.6 Å². The third kappa shape index (κ3) is 2.33. The van der Waals surface area contributed by atoms with E-state index in [1.807, 2.05) is 12.1 Å².